The monoisotopic (exact) mass is 157 g/mol. The van der Waals surface area contributed by atoms with Crippen LogP contribution in [0.15, 0.2) is 12.4 Å². The lowest BCUT2D eigenvalue weighted by Gasteiger charge is -2.00. The largest absolute Gasteiger partial charge is 0.322 e. The van der Waals surface area contributed by atoms with Gasteiger partial charge in [-0.05, 0) is 6.92 Å². The number of rotatable bonds is 1. The molecule has 0 amide bonds. The molecule has 0 saturated carbocycles. The first-order chi connectivity index (χ1) is 4.70. The molecular formula is C6H8ClN3. The summed E-state index contributed by atoms with van der Waals surface area (Å²) in [5.41, 5.74) is 5.50. The van der Waals surface area contributed by atoms with Gasteiger partial charge >= 0.3 is 0 Å². The van der Waals surface area contributed by atoms with E-state index in [1.807, 2.05) is 6.92 Å². The third-order valence-corrected chi connectivity index (χ3v) is 1.24. The van der Waals surface area contributed by atoms with Crippen LogP contribution in [0.5, 0.6) is 0 Å². The lowest BCUT2D eigenvalue weighted by molar-refractivity contribution is 0.739. The van der Waals surface area contributed by atoms with Crippen LogP contribution in [0.4, 0.5) is 0 Å². The summed E-state index contributed by atoms with van der Waals surface area (Å²) in [6.45, 7) is 1.82. The van der Waals surface area contributed by atoms with Crippen molar-refractivity contribution in [3.8, 4) is 0 Å². The van der Waals surface area contributed by atoms with Crippen molar-refractivity contribution < 1.29 is 0 Å². The molecule has 0 fully saturated rings. The van der Waals surface area contributed by atoms with E-state index in [1.165, 1.54) is 12.4 Å². The Bertz CT molecular complexity index is 207. The van der Waals surface area contributed by atoms with Crippen molar-refractivity contribution in [3.05, 3.63) is 23.2 Å². The Labute approximate surface area is 64.2 Å². The number of nitrogens with zero attached hydrogens (tertiary/aromatic N) is 2. The second-order valence-electron chi connectivity index (χ2n) is 2.05. The van der Waals surface area contributed by atoms with E-state index in [2.05, 4.69) is 9.97 Å². The highest BCUT2D eigenvalue weighted by molar-refractivity contribution is 6.30. The van der Waals surface area contributed by atoms with Gasteiger partial charge in [0, 0.05) is 12.4 Å². The van der Waals surface area contributed by atoms with Crippen molar-refractivity contribution in [2.45, 2.75) is 13.0 Å². The molecule has 0 aliphatic carbocycles. The van der Waals surface area contributed by atoms with E-state index in [0.717, 1.165) is 0 Å². The second-order valence-corrected chi connectivity index (χ2v) is 2.48. The molecule has 1 rings (SSSR count). The quantitative estimate of drug-likeness (QED) is 0.666. The van der Waals surface area contributed by atoms with E-state index in [-0.39, 0.29) is 6.04 Å². The van der Waals surface area contributed by atoms with Gasteiger partial charge in [0.05, 0.1) is 11.1 Å². The molecule has 0 saturated heterocycles. The van der Waals surface area contributed by atoms with Gasteiger partial charge in [0.2, 0.25) is 0 Å². The van der Waals surface area contributed by atoms with Crippen LogP contribution in [0.1, 0.15) is 18.8 Å². The van der Waals surface area contributed by atoms with E-state index in [4.69, 9.17) is 17.3 Å². The van der Waals surface area contributed by atoms with Gasteiger partial charge in [0.15, 0.2) is 0 Å². The van der Waals surface area contributed by atoms with Crippen LogP contribution in [0, 0.1) is 0 Å². The van der Waals surface area contributed by atoms with E-state index >= 15 is 0 Å². The van der Waals surface area contributed by atoms with Crippen LogP contribution < -0.4 is 5.73 Å². The maximum Gasteiger partial charge on any atom is 0.144 e. The zero-order valence-corrected chi connectivity index (χ0v) is 6.34. The average Bonchev–Trinajstić information content (AvgIpc) is 1.88. The smallest absolute Gasteiger partial charge is 0.144 e. The Morgan fingerprint density at radius 2 is 2.00 bits per heavy atom. The molecule has 1 aromatic heterocycles. The predicted octanol–water partition coefficient (Wildman–Crippen LogP) is 1.15. The van der Waals surface area contributed by atoms with Gasteiger partial charge in [-0.1, -0.05) is 11.6 Å². The van der Waals surface area contributed by atoms with Crippen molar-refractivity contribution in [3.63, 3.8) is 0 Å². The highest BCUT2D eigenvalue weighted by Gasteiger charge is 2.00. The van der Waals surface area contributed by atoms with Crippen LogP contribution in [0.2, 0.25) is 5.02 Å². The highest BCUT2D eigenvalue weighted by atomic mass is 35.5. The molecule has 1 aromatic rings. The number of halogens is 1. The van der Waals surface area contributed by atoms with E-state index in [1.54, 1.807) is 0 Å². The minimum Gasteiger partial charge on any atom is -0.322 e. The molecule has 3 nitrogen and oxygen atoms in total. The molecule has 4 heteroatoms. The minimum atomic E-state index is -0.128. The summed E-state index contributed by atoms with van der Waals surface area (Å²) in [5, 5.41) is 0.532. The summed E-state index contributed by atoms with van der Waals surface area (Å²) in [7, 11) is 0. The Morgan fingerprint density at radius 1 is 1.50 bits per heavy atom. The van der Waals surface area contributed by atoms with Crippen LogP contribution in [0.25, 0.3) is 0 Å². The average molecular weight is 158 g/mol. The molecule has 0 unspecified atom stereocenters. The molecule has 0 radical (unpaired) electrons. The molecule has 1 atom stereocenters. The summed E-state index contributed by atoms with van der Waals surface area (Å²) >= 11 is 5.55. The van der Waals surface area contributed by atoms with Crippen molar-refractivity contribution in [2.24, 2.45) is 5.73 Å². The summed E-state index contributed by atoms with van der Waals surface area (Å²) < 4.78 is 0. The zero-order valence-electron chi connectivity index (χ0n) is 5.58. The molecule has 10 heavy (non-hydrogen) atoms. The molecule has 0 aliphatic heterocycles. The normalized spacial score (nSPS) is 13.1. The lowest BCUT2D eigenvalue weighted by atomic mass is 10.3. The fraction of sp³-hybridized carbons (Fsp3) is 0.333. The Kier molecular flexibility index (Phi) is 2.19. The Hall–Kier alpha value is -0.670. The molecule has 2 N–H and O–H groups in total. The maximum absolute atomic E-state index is 5.55. The van der Waals surface area contributed by atoms with Crippen LogP contribution in [-0.2, 0) is 0 Å². The van der Waals surface area contributed by atoms with Gasteiger partial charge in [-0.15, -0.1) is 0 Å². The van der Waals surface area contributed by atoms with Crippen molar-refractivity contribution in [1.29, 1.82) is 0 Å². The minimum absolute atomic E-state index is 0.128. The van der Waals surface area contributed by atoms with Gasteiger partial charge < -0.3 is 5.73 Å². The topological polar surface area (TPSA) is 51.8 Å². The van der Waals surface area contributed by atoms with E-state index in [0.29, 0.717) is 10.8 Å². The Balaban J connectivity index is 2.89. The summed E-state index contributed by atoms with van der Waals surface area (Å²) in [4.78, 5) is 7.82. The molecular weight excluding hydrogens is 150 g/mol. The fourth-order valence-electron chi connectivity index (χ4n) is 0.557. The van der Waals surface area contributed by atoms with Crippen molar-refractivity contribution in [1.82, 2.24) is 9.97 Å². The third kappa shape index (κ3) is 1.65. The predicted molar refractivity (Wildman–Crippen MR) is 39.6 cm³/mol. The molecule has 0 bridgehead atoms. The van der Waals surface area contributed by atoms with Gasteiger partial charge in [0.1, 0.15) is 5.82 Å². The van der Waals surface area contributed by atoms with Crippen molar-refractivity contribution >= 4 is 11.6 Å². The Morgan fingerprint density at radius 3 is 2.40 bits per heavy atom. The van der Waals surface area contributed by atoms with Gasteiger partial charge in [-0.25, -0.2) is 9.97 Å². The molecule has 0 aromatic carbocycles. The maximum atomic E-state index is 5.55. The first-order valence-electron chi connectivity index (χ1n) is 2.93. The van der Waals surface area contributed by atoms with E-state index in [9.17, 15) is 0 Å². The van der Waals surface area contributed by atoms with E-state index < -0.39 is 0 Å². The first-order valence-corrected chi connectivity index (χ1v) is 3.31. The molecule has 54 valence electrons. The zero-order chi connectivity index (χ0) is 7.56. The lowest BCUT2D eigenvalue weighted by Crippen LogP contribution is -2.08. The molecule has 0 spiro atoms. The van der Waals surface area contributed by atoms with Gasteiger partial charge in [0.25, 0.3) is 0 Å². The number of aromatic nitrogens is 2. The second kappa shape index (κ2) is 2.94. The standard InChI is InChI=1S/C6H8ClN3/c1-4(8)6-9-2-5(7)3-10-6/h2-4H,8H2,1H3/t4-/m1/s1. The van der Waals surface area contributed by atoms with Crippen molar-refractivity contribution in [2.75, 3.05) is 0 Å². The number of hydrogen-bond acceptors (Lipinski definition) is 3. The molecule has 1 heterocycles. The molecule has 0 aliphatic rings. The summed E-state index contributed by atoms with van der Waals surface area (Å²) in [6, 6.07) is -0.128. The fourth-order valence-corrected chi connectivity index (χ4v) is 0.655. The number of hydrogen-bond donors (Lipinski definition) is 1. The third-order valence-electron chi connectivity index (χ3n) is 1.05. The highest BCUT2D eigenvalue weighted by Crippen LogP contribution is 2.06. The summed E-state index contributed by atoms with van der Waals surface area (Å²) in [6.07, 6.45) is 3.07. The first kappa shape index (κ1) is 7.44. The summed E-state index contributed by atoms with van der Waals surface area (Å²) in [5.74, 6) is 0.615. The van der Waals surface area contributed by atoms with Crippen LogP contribution >= 0.6 is 11.6 Å². The van der Waals surface area contributed by atoms with Crippen LogP contribution in [-0.4, -0.2) is 9.97 Å². The van der Waals surface area contributed by atoms with Crippen LogP contribution in [0.3, 0.4) is 0 Å². The number of nitrogens with two attached hydrogens (primary N) is 1. The SMILES string of the molecule is C[C@@H](N)c1ncc(Cl)cn1. The van der Waals surface area contributed by atoms with Gasteiger partial charge in [-0.3, -0.25) is 0 Å². The van der Waals surface area contributed by atoms with Gasteiger partial charge in [-0.2, -0.15) is 0 Å².